The Morgan fingerprint density at radius 3 is 2.94 bits per heavy atom. The molecule has 2 atom stereocenters. The number of non-ortho nitro benzene ring substituents is 1. The second kappa shape index (κ2) is 5.67. The molecule has 1 aromatic carbocycles. The number of halogens is 1. The Balaban J connectivity index is 2.16. The SMILES string of the molecule is CNC1CSCC1Cc1cc(F)cc([N+](=O)[O-])c1. The van der Waals surface area contributed by atoms with Crippen molar-refractivity contribution in [3.8, 4) is 0 Å². The highest BCUT2D eigenvalue weighted by atomic mass is 32.2. The van der Waals surface area contributed by atoms with E-state index in [2.05, 4.69) is 5.32 Å². The average molecular weight is 270 g/mol. The summed E-state index contributed by atoms with van der Waals surface area (Å²) in [5.41, 5.74) is 0.533. The molecule has 2 unspecified atom stereocenters. The zero-order valence-electron chi connectivity index (χ0n) is 10.1. The van der Waals surface area contributed by atoms with Crippen LogP contribution in [-0.4, -0.2) is 29.5 Å². The Bertz CT molecular complexity index is 456. The topological polar surface area (TPSA) is 55.2 Å². The van der Waals surface area contributed by atoms with E-state index in [9.17, 15) is 14.5 Å². The summed E-state index contributed by atoms with van der Waals surface area (Å²) in [6.45, 7) is 0. The van der Waals surface area contributed by atoms with Crippen molar-refractivity contribution in [1.82, 2.24) is 5.32 Å². The molecule has 2 rings (SSSR count). The maximum atomic E-state index is 13.3. The lowest BCUT2D eigenvalue weighted by Crippen LogP contribution is -2.33. The van der Waals surface area contributed by atoms with Crippen molar-refractivity contribution < 1.29 is 9.31 Å². The van der Waals surface area contributed by atoms with Crippen molar-refractivity contribution in [2.24, 2.45) is 5.92 Å². The van der Waals surface area contributed by atoms with Gasteiger partial charge in [-0.15, -0.1) is 0 Å². The van der Waals surface area contributed by atoms with E-state index < -0.39 is 10.7 Å². The van der Waals surface area contributed by atoms with E-state index in [0.717, 1.165) is 17.6 Å². The number of nitrogens with one attached hydrogen (secondary N) is 1. The highest BCUT2D eigenvalue weighted by molar-refractivity contribution is 7.99. The third-order valence-corrected chi connectivity index (χ3v) is 4.48. The second-order valence-electron chi connectivity index (χ2n) is 4.47. The van der Waals surface area contributed by atoms with E-state index in [1.807, 2.05) is 18.8 Å². The highest BCUT2D eigenvalue weighted by Gasteiger charge is 2.27. The van der Waals surface area contributed by atoms with Gasteiger partial charge in [0.25, 0.3) is 5.69 Å². The Hall–Kier alpha value is -1.14. The molecule has 1 saturated heterocycles. The summed E-state index contributed by atoms with van der Waals surface area (Å²) in [6.07, 6.45) is 0.678. The molecule has 0 aromatic heterocycles. The largest absolute Gasteiger partial charge is 0.316 e. The molecule has 1 N–H and O–H groups in total. The number of thioether (sulfide) groups is 1. The second-order valence-corrected chi connectivity index (χ2v) is 5.55. The molecule has 1 fully saturated rings. The van der Waals surface area contributed by atoms with Gasteiger partial charge in [-0.2, -0.15) is 11.8 Å². The van der Waals surface area contributed by atoms with Crippen LogP contribution in [0.15, 0.2) is 18.2 Å². The number of nitro benzene ring substituents is 1. The maximum Gasteiger partial charge on any atom is 0.272 e. The van der Waals surface area contributed by atoms with Gasteiger partial charge in [-0.3, -0.25) is 10.1 Å². The van der Waals surface area contributed by atoms with Crippen LogP contribution >= 0.6 is 11.8 Å². The van der Waals surface area contributed by atoms with Crippen LogP contribution in [0.4, 0.5) is 10.1 Å². The summed E-state index contributed by atoms with van der Waals surface area (Å²) in [5.74, 6) is 1.92. The molecule has 0 amide bonds. The first-order valence-electron chi connectivity index (χ1n) is 5.79. The van der Waals surface area contributed by atoms with Crippen LogP contribution in [0, 0.1) is 21.8 Å². The van der Waals surface area contributed by atoms with E-state index in [-0.39, 0.29) is 5.69 Å². The van der Waals surface area contributed by atoms with Crippen molar-refractivity contribution in [1.29, 1.82) is 0 Å². The molecule has 1 heterocycles. The Kier molecular flexibility index (Phi) is 4.19. The van der Waals surface area contributed by atoms with Gasteiger partial charge < -0.3 is 5.32 Å². The van der Waals surface area contributed by atoms with Gasteiger partial charge in [-0.25, -0.2) is 4.39 Å². The summed E-state index contributed by atoms with van der Waals surface area (Å²) < 4.78 is 13.3. The van der Waals surface area contributed by atoms with E-state index >= 15 is 0 Å². The molecule has 0 saturated carbocycles. The van der Waals surface area contributed by atoms with Gasteiger partial charge in [0, 0.05) is 17.9 Å². The average Bonchev–Trinajstić information content (AvgIpc) is 2.75. The van der Waals surface area contributed by atoms with Crippen LogP contribution < -0.4 is 5.32 Å². The Morgan fingerprint density at radius 1 is 1.50 bits per heavy atom. The predicted octanol–water partition coefficient (Wildman–Crippen LogP) is 2.23. The summed E-state index contributed by atoms with van der Waals surface area (Å²) in [4.78, 5) is 10.1. The lowest BCUT2D eigenvalue weighted by atomic mass is 9.95. The number of nitrogens with zero attached hydrogens (tertiary/aromatic N) is 1. The smallest absolute Gasteiger partial charge is 0.272 e. The molecule has 0 spiro atoms. The van der Waals surface area contributed by atoms with Crippen LogP contribution in [-0.2, 0) is 6.42 Å². The van der Waals surface area contributed by atoms with Gasteiger partial charge in [0.2, 0.25) is 0 Å². The summed E-state index contributed by atoms with van der Waals surface area (Å²) in [7, 11) is 1.91. The van der Waals surface area contributed by atoms with Crippen molar-refractivity contribution >= 4 is 17.4 Å². The molecule has 6 heteroatoms. The molecule has 1 aromatic rings. The summed E-state index contributed by atoms with van der Waals surface area (Å²) in [5, 5.41) is 13.9. The molecule has 1 aliphatic rings. The Labute approximate surface area is 109 Å². The van der Waals surface area contributed by atoms with Crippen LogP contribution in [0.2, 0.25) is 0 Å². The minimum absolute atomic E-state index is 0.170. The van der Waals surface area contributed by atoms with Crippen LogP contribution in [0.25, 0.3) is 0 Å². The van der Waals surface area contributed by atoms with Gasteiger partial charge in [0.1, 0.15) is 5.82 Å². The van der Waals surface area contributed by atoms with Gasteiger partial charge in [0.05, 0.1) is 11.0 Å². The molecule has 0 radical (unpaired) electrons. The minimum atomic E-state index is -0.550. The third kappa shape index (κ3) is 3.00. The molecule has 4 nitrogen and oxygen atoms in total. The zero-order chi connectivity index (χ0) is 13.1. The zero-order valence-corrected chi connectivity index (χ0v) is 10.9. The lowest BCUT2D eigenvalue weighted by Gasteiger charge is -2.17. The fourth-order valence-electron chi connectivity index (χ4n) is 2.28. The number of nitro groups is 1. The van der Waals surface area contributed by atoms with Crippen molar-refractivity contribution in [2.45, 2.75) is 12.5 Å². The third-order valence-electron chi connectivity index (χ3n) is 3.22. The fourth-order valence-corrected chi connectivity index (χ4v) is 3.76. The van der Waals surface area contributed by atoms with Crippen molar-refractivity contribution in [3.63, 3.8) is 0 Å². The standard InChI is InChI=1S/C12H15FN2O2S/c1-14-12-7-18-6-9(12)2-8-3-10(13)5-11(4-8)15(16)17/h3-5,9,12,14H,2,6-7H2,1H3. The normalized spacial score (nSPS) is 23.2. The number of hydrogen-bond donors (Lipinski definition) is 1. The van der Waals surface area contributed by atoms with E-state index in [4.69, 9.17) is 0 Å². The predicted molar refractivity (Wildman–Crippen MR) is 70.4 cm³/mol. The van der Waals surface area contributed by atoms with Crippen LogP contribution in [0.1, 0.15) is 5.56 Å². The number of hydrogen-bond acceptors (Lipinski definition) is 4. The van der Waals surface area contributed by atoms with Crippen LogP contribution in [0.5, 0.6) is 0 Å². The van der Waals surface area contributed by atoms with Gasteiger partial charge in [-0.1, -0.05) is 0 Å². The first-order chi connectivity index (χ1) is 8.60. The summed E-state index contributed by atoms with van der Waals surface area (Å²) >= 11 is 1.86. The molecular formula is C12H15FN2O2S. The monoisotopic (exact) mass is 270 g/mol. The highest BCUT2D eigenvalue weighted by Crippen LogP contribution is 2.28. The quantitative estimate of drug-likeness (QED) is 0.673. The first kappa shape index (κ1) is 13.3. The van der Waals surface area contributed by atoms with Gasteiger partial charge in [-0.05, 0) is 36.8 Å². The molecule has 0 bridgehead atoms. The lowest BCUT2D eigenvalue weighted by molar-refractivity contribution is -0.385. The van der Waals surface area contributed by atoms with E-state index in [0.29, 0.717) is 23.9 Å². The molecule has 98 valence electrons. The van der Waals surface area contributed by atoms with Gasteiger partial charge in [0.15, 0.2) is 0 Å². The molecule has 18 heavy (non-hydrogen) atoms. The van der Waals surface area contributed by atoms with E-state index in [1.54, 1.807) is 0 Å². The number of rotatable bonds is 4. The Morgan fingerprint density at radius 2 is 2.28 bits per heavy atom. The van der Waals surface area contributed by atoms with E-state index in [1.165, 1.54) is 12.1 Å². The molecule has 1 aliphatic heterocycles. The maximum absolute atomic E-state index is 13.3. The molecule has 0 aliphatic carbocycles. The minimum Gasteiger partial charge on any atom is -0.316 e. The molecular weight excluding hydrogens is 255 g/mol. The first-order valence-corrected chi connectivity index (χ1v) is 6.94. The fraction of sp³-hybridized carbons (Fsp3) is 0.500. The van der Waals surface area contributed by atoms with Crippen molar-refractivity contribution in [3.05, 3.63) is 39.7 Å². The summed E-state index contributed by atoms with van der Waals surface area (Å²) in [6, 6.07) is 4.22. The number of benzene rings is 1. The van der Waals surface area contributed by atoms with Gasteiger partial charge >= 0.3 is 0 Å². The van der Waals surface area contributed by atoms with Crippen molar-refractivity contribution in [2.75, 3.05) is 18.6 Å². The van der Waals surface area contributed by atoms with Crippen LogP contribution in [0.3, 0.4) is 0 Å².